The Bertz CT molecular complexity index is 1110. The van der Waals surface area contributed by atoms with Crippen LogP contribution in [0, 0.1) is 6.92 Å². The standard InChI is InChI=1S/C23H20N4O/c1-17-7-2-3-9-19(17)16-27(15-18-8-6-12-24-13-18)23(28)22-14-25-20-10-4-5-11-21(20)26-22/h2-14H,15-16H2,1H3. The molecule has 1 amide bonds. The van der Waals surface area contributed by atoms with E-state index >= 15 is 0 Å². The molecule has 28 heavy (non-hydrogen) atoms. The summed E-state index contributed by atoms with van der Waals surface area (Å²) >= 11 is 0. The highest BCUT2D eigenvalue weighted by atomic mass is 16.2. The highest BCUT2D eigenvalue weighted by Crippen LogP contribution is 2.17. The molecule has 0 aliphatic rings. The van der Waals surface area contributed by atoms with Gasteiger partial charge in [0.2, 0.25) is 0 Å². The molecule has 0 aliphatic carbocycles. The van der Waals surface area contributed by atoms with Gasteiger partial charge in [-0.05, 0) is 41.8 Å². The SMILES string of the molecule is Cc1ccccc1CN(Cc1cccnc1)C(=O)c1cnc2ccccc2n1. The number of hydrogen-bond donors (Lipinski definition) is 0. The zero-order valence-electron chi connectivity index (χ0n) is 15.6. The first-order valence-corrected chi connectivity index (χ1v) is 9.15. The van der Waals surface area contributed by atoms with E-state index in [2.05, 4.69) is 27.9 Å². The summed E-state index contributed by atoms with van der Waals surface area (Å²) < 4.78 is 0. The number of fused-ring (bicyclic) bond motifs is 1. The second-order valence-corrected chi connectivity index (χ2v) is 6.69. The third-order valence-electron chi connectivity index (χ3n) is 4.67. The summed E-state index contributed by atoms with van der Waals surface area (Å²) in [4.78, 5) is 28.2. The van der Waals surface area contributed by atoms with Crippen LogP contribution in [0.15, 0.2) is 79.3 Å². The van der Waals surface area contributed by atoms with E-state index in [1.54, 1.807) is 23.5 Å². The van der Waals surface area contributed by atoms with Gasteiger partial charge in [-0.3, -0.25) is 14.8 Å². The maximum atomic E-state index is 13.3. The van der Waals surface area contributed by atoms with Crippen LogP contribution >= 0.6 is 0 Å². The molecule has 138 valence electrons. The van der Waals surface area contributed by atoms with Crippen molar-refractivity contribution in [2.45, 2.75) is 20.0 Å². The Morgan fingerprint density at radius 2 is 1.68 bits per heavy atom. The lowest BCUT2D eigenvalue weighted by Crippen LogP contribution is -2.31. The second kappa shape index (κ2) is 7.96. The van der Waals surface area contributed by atoms with Gasteiger partial charge in [-0.2, -0.15) is 0 Å². The first-order chi connectivity index (χ1) is 13.7. The molecular formula is C23H20N4O. The number of pyridine rings is 1. The molecule has 0 aliphatic heterocycles. The average molecular weight is 368 g/mol. The number of carbonyl (C=O) groups is 1. The molecule has 2 heterocycles. The Morgan fingerprint density at radius 1 is 0.893 bits per heavy atom. The largest absolute Gasteiger partial charge is 0.329 e. The third-order valence-corrected chi connectivity index (χ3v) is 4.67. The summed E-state index contributed by atoms with van der Waals surface area (Å²) in [5, 5.41) is 0. The van der Waals surface area contributed by atoms with Gasteiger partial charge in [0.25, 0.3) is 5.91 Å². The molecule has 0 saturated heterocycles. The van der Waals surface area contributed by atoms with Crippen LogP contribution in [-0.4, -0.2) is 25.8 Å². The fourth-order valence-electron chi connectivity index (χ4n) is 3.13. The number of carbonyl (C=O) groups excluding carboxylic acids is 1. The summed E-state index contributed by atoms with van der Waals surface area (Å²) in [5.41, 5.74) is 5.06. The van der Waals surface area contributed by atoms with E-state index in [1.807, 2.05) is 54.6 Å². The molecule has 5 heteroatoms. The second-order valence-electron chi connectivity index (χ2n) is 6.69. The van der Waals surface area contributed by atoms with Gasteiger partial charge < -0.3 is 4.90 Å². The van der Waals surface area contributed by atoms with Crippen LogP contribution in [0.4, 0.5) is 0 Å². The molecule has 0 fully saturated rings. The maximum Gasteiger partial charge on any atom is 0.274 e. The van der Waals surface area contributed by atoms with Gasteiger partial charge >= 0.3 is 0 Å². The number of amides is 1. The van der Waals surface area contributed by atoms with Crippen LogP contribution in [-0.2, 0) is 13.1 Å². The van der Waals surface area contributed by atoms with Crippen molar-refractivity contribution in [3.8, 4) is 0 Å². The summed E-state index contributed by atoms with van der Waals surface area (Å²) in [6.07, 6.45) is 5.06. The lowest BCUT2D eigenvalue weighted by atomic mass is 10.1. The van der Waals surface area contributed by atoms with Crippen LogP contribution < -0.4 is 0 Å². The number of rotatable bonds is 5. The zero-order valence-corrected chi connectivity index (χ0v) is 15.6. The van der Waals surface area contributed by atoms with Gasteiger partial charge in [0.15, 0.2) is 0 Å². The van der Waals surface area contributed by atoms with Crippen LogP contribution in [0.2, 0.25) is 0 Å². The Morgan fingerprint density at radius 3 is 2.46 bits per heavy atom. The molecular weight excluding hydrogens is 348 g/mol. The molecule has 0 spiro atoms. The van der Waals surface area contributed by atoms with Gasteiger partial charge in [-0.25, -0.2) is 4.98 Å². The minimum atomic E-state index is -0.148. The molecule has 4 aromatic rings. The fourth-order valence-corrected chi connectivity index (χ4v) is 3.13. The van der Waals surface area contributed by atoms with Crippen molar-refractivity contribution in [3.05, 3.63) is 102 Å². The normalized spacial score (nSPS) is 10.8. The molecule has 5 nitrogen and oxygen atoms in total. The van der Waals surface area contributed by atoms with Crippen molar-refractivity contribution in [3.63, 3.8) is 0 Å². The predicted molar refractivity (Wildman–Crippen MR) is 109 cm³/mol. The van der Waals surface area contributed by atoms with E-state index in [0.717, 1.165) is 22.2 Å². The lowest BCUT2D eigenvalue weighted by molar-refractivity contribution is 0.0723. The van der Waals surface area contributed by atoms with E-state index < -0.39 is 0 Å². The molecule has 0 bridgehead atoms. The Hall–Kier alpha value is -3.60. The van der Waals surface area contributed by atoms with Gasteiger partial charge in [0.1, 0.15) is 5.69 Å². The molecule has 0 saturated carbocycles. The molecule has 2 aromatic heterocycles. The molecule has 4 rings (SSSR count). The number of benzene rings is 2. The van der Waals surface area contributed by atoms with E-state index in [4.69, 9.17) is 0 Å². The molecule has 2 aromatic carbocycles. The zero-order chi connectivity index (χ0) is 19.3. The van der Waals surface area contributed by atoms with Crippen molar-refractivity contribution in [1.29, 1.82) is 0 Å². The first kappa shape index (κ1) is 17.8. The quantitative estimate of drug-likeness (QED) is 0.530. The van der Waals surface area contributed by atoms with Gasteiger partial charge in [-0.1, -0.05) is 42.5 Å². The van der Waals surface area contributed by atoms with Crippen molar-refractivity contribution in [2.24, 2.45) is 0 Å². The number of hydrogen-bond acceptors (Lipinski definition) is 4. The number of aryl methyl sites for hydroxylation is 1. The monoisotopic (exact) mass is 368 g/mol. The minimum absolute atomic E-state index is 0.148. The van der Waals surface area contributed by atoms with Crippen LogP contribution in [0.25, 0.3) is 11.0 Å². The van der Waals surface area contributed by atoms with E-state index in [-0.39, 0.29) is 5.91 Å². The van der Waals surface area contributed by atoms with E-state index in [0.29, 0.717) is 24.3 Å². The predicted octanol–water partition coefficient (Wildman–Crippen LogP) is 4.18. The smallest absolute Gasteiger partial charge is 0.274 e. The van der Waals surface area contributed by atoms with E-state index in [1.165, 1.54) is 0 Å². The van der Waals surface area contributed by atoms with Crippen molar-refractivity contribution >= 4 is 16.9 Å². The number of aromatic nitrogens is 3. The topological polar surface area (TPSA) is 59.0 Å². The first-order valence-electron chi connectivity index (χ1n) is 9.15. The van der Waals surface area contributed by atoms with Crippen molar-refractivity contribution < 1.29 is 4.79 Å². The lowest BCUT2D eigenvalue weighted by Gasteiger charge is -2.23. The summed E-state index contributed by atoms with van der Waals surface area (Å²) in [6.45, 7) is 3.00. The third kappa shape index (κ3) is 3.88. The van der Waals surface area contributed by atoms with E-state index in [9.17, 15) is 4.79 Å². The van der Waals surface area contributed by atoms with Gasteiger partial charge in [0, 0.05) is 25.5 Å². The van der Waals surface area contributed by atoms with Gasteiger partial charge in [-0.15, -0.1) is 0 Å². The number of nitrogens with zero attached hydrogens (tertiary/aromatic N) is 4. The minimum Gasteiger partial charge on any atom is -0.329 e. The van der Waals surface area contributed by atoms with Crippen LogP contribution in [0.3, 0.4) is 0 Å². The fraction of sp³-hybridized carbons (Fsp3) is 0.130. The Balaban J connectivity index is 1.68. The summed E-state index contributed by atoms with van der Waals surface area (Å²) in [6, 6.07) is 19.5. The molecule has 0 atom stereocenters. The van der Waals surface area contributed by atoms with Crippen LogP contribution in [0.5, 0.6) is 0 Å². The Labute approximate surface area is 163 Å². The highest BCUT2D eigenvalue weighted by Gasteiger charge is 2.19. The average Bonchev–Trinajstić information content (AvgIpc) is 2.74. The van der Waals surface area contributed by atoms with Crippen molar-refractivity contribution in [1.82, 2.24) is 19.9 Å². The Kier molecular flexibility index (Phi) is 5.06. The molecule has 0 unspecified atom stereocenters. The van der Waals surface area contributed by atoms with Crippen molar-refractivity contribution in [2.75, 3.05) is 0 Å². The molecule has 0 radical (unpaired) electrons. The number of para-hydroxylation sites is 2. The highest BCUT2D eigenvalue weighted by molar-refractivity contribution is 5.93. The molecule has 0 N–H and O–H groups in total. The van der Waals surface area contributed by atoms with Crippen LogP contribution in [0.1, 0.15) is 27.2 Å². The summed E-state index contributed by atoms with van der Waals surface area (Å²) in [7, 11) is 0. The maximum absolute atomic E-state index is 13.3. The summed E-state index contributed by atoms with van der Waals surface area (Å²) in [5.74, 6) is -0.148. The van der Waals surface area contributed by atoms with Gasteiger partial charge in [0.05, 0.1) is 17.2 Å².